The fourth-order valence-corrected chi connectivity index (χ4v) is 4.11. The van der Waals surface area contributed by atoms with Gasteiger partial charge in [0, 0.05) is 12.6 Å². The molecular formula is C14H18N4OS. The van der Waals surface area contributed by atoms with Crippen LogP contribution in [-0.4, -0.2) is 40.7 Å². The molecule has 0 amide bonds. The predicted octanol–water partition coefficient (Wildman–Crippen LogP) is 1.84. The monoisotopic (exact) mass is 290 g/mol. The van der Waals surface area contributed by atoms with Crippen LogP contribution >= 0.6 is 11.3 Å². The Morgan fingerprint density at radius 1 is 1.50 bits per heavy atom. The number of nitrogens with one attached hydrogen (secondary N) is 1. The van der Waals surface area contributed by atoms with Gasteiger partial charge in [-0.1, -0.05) is 11.2 Å². The Morgan fingerprint density at radius 3 is 3.25 bits per heavy atom. The first kappa shape index (κ1) is 12.5. The lowest BCUT2D eigenvalue weighted by atomic mass is 9.95. The molecule has 0 aliphatic carbocycles. The summed E-state index contributed by atoms with van der Waals surface area (Å²) < 4.78 is 5.36. The van der Waals surface area contributed by atoms with E-state index < -0.39 is 0 Å². The molecule has 0 aromatic carbocycles. The molecule has 2 aromatic heterocycles. The van der Waals surface area contributed by atoms with Gasteiger partial charge < -0.3 is 9.84 Å². The molecule has 3 unspecified atom stereocenters. The van der Waals surface area contributed by atoms with Crippen molar-refractivity contribution in [2.45, 2.75) is 19.5 Å². The third-order valence-corrected chi connectivity index (χ3v) is 5.46. The standard InChI is InChI=1S/C14H18N4OS/c1-9-11-6-15-5-10(11)7-18(9)8-13-16-14(19-17-13)12-3-2-4-20-12/h2-4,9-11,15H,5-8H2,1H3. The number of rotatable bonds is 3. The highest BCUT2D eigenvalue weighted by Crippen LogP contribution is 2.33. The lowest BCUT2D eigenvalue weighted by Crippen LogP contribution is -2.33. The minimum absolute atomic E-state index is 0.596. The van der Waals surface area contributed by atoms with Crippen molar-refractivity contribution < 1.29 is 4.52 Å². The number of thiophene rings is 1. The summed E-state index contributed by atoms with van der Waals surface area (Å²) in [5, 5.41) is 9.64. The average molecular weight is 290 g/mol. The Bertz CT molecular complexity index is 582. The van der Waals surface area contributed by atoms with Gasteiger partial charge in [-0.15, -0.1) is 11.3 Å². The first-order chi connectivity index (χ1) is 9.81. The maximum atomic E-state index is 5.36. The summed E-state index contributed by atoms with van der Waals surface area (Å²) >= 11 is 1.63. The van der Waals surface area contributed by atoms with E-state index in [4.69, 9.17) is 4.52 Å². The van der Waals surface area contributed by atoms with Crippen LogP contribution in [0.5, 0.6) is 0 Å². The molecule has 5 nitrogen and oxygen atoms in total. The van der Waals surface area contributed by atoms with Crippen molar-refractivity contribution in [1.29, 1.82) is 0 Å². The van der Waals surface area contributed by atoms with Crippen LogP contribution in [0.4, 0.5) is 0 Å². The topological polar surface area (TPSA) is 54.2 Å². The van der Waals surface area contributed by atoms with Crippen molar-refractivity contribution in [3.8, 4) is 10.8 Å². The van der Waals surface area contributed by atoms with Crippen LogP contribution < -0.4 is 5.32 Å². The van der Waals surface area contributed by atoms with Crippen molar-refractivity contribution in [3.63, 3.8) is 0 Å². The molecule has 106 valence electrons. The summed E-state index contributed by atoms with van der Waals surface area (Å²) in [4.78, 5) is 8.05. The maximum Gasteiger partial charge on any atom is 0.268 e. The molecule has 2 aromatic rings. The van der Waals surface area contributed by atoms with Crippen molar-refractivity contribution in [3.05, 3.63) is 23.3 Å². The third-order valence-electron chi connectivity index (χ3n) is 4.60. The molecule has 2 aliphatic heterocycles. The summed E-state index contributed by atoms with van der Waals surface area (Å²) in [5.41, 5.74) is 0. The minimum Gasteiger partial charge on any atom is -0.333 e. The van der Waals surface area contributed by atoms with Crippen molar-refractivity contribution in [2.75, 3.05) is 19.6 Å². The van der Waals surface area contributed by atoms with Crippen molar-refractivity contribution in [2.24, 2.45) is 11.8 Å². The minimum atomic E-state index is 0.596. The molecule has 0 saturated carbocycles. The van der Waals surface area contributed by atoms with E-state index in [-0.39, 0.29) is 0 Å². The molecule has 3 atom stereocenters. The maximum absolute atomic E-state index is 5.36. The van der Waals surface area contributed by atoms with Crippen LogP contribution in [0.3, 0.4) is 0 Å². The molecule has 2 aliphatic rings. The molecule has 0 bridgehead atoms. The third kappa shape index (κ3) is 2.08. The van der Waals surface area contributed by atoms with Crippen LogP contribution in [0.25, 0.3) is 10.8 Å². The summed E-state index contributed by atoms with van der Waals surface area (Å²) in [7, 11) is 0. The largest absolute Gasteiger partial charge is 0.333 e. The number of nitrogens with zero attached hydrogens (tertiary/aromatic N) is 3. The fraction of sp³-hybridized carbons (Fsp3) is 0.571. The van der Waals surface area contributed by atoms with Crippen LogP contribution in [0.1, 0.15) is 12.7 Å². The van der Waals surface area contributed by atoms with Crippen molar-refractivity contribution in [1.82, 2.24) is 20.4 Å². The number of aromatic nitrogens is 2. The zero-order chi connectivity index (χ0) is 13.5. The number of hydrogen-bond acceptors (Lipinski definition) is 6. The SMILES string of the molecule is CC1C2CNCC2CN1Cc1noc(-c2cccs2)n1. The Balaban J connectivity index is 1.47. The summed E-state index contributed by atoms with van der Waals surface area (Å²) in [6.45, 7) is 6.55. The van der Waals surface area contributed by atoms with E-state index >= 15 is 0 Å². The highest BCUT2D eigenvalue weighted by atomic mass is 32.1. The van der Waals surface area contributed by atoms with Crippen LogP contribution in [0.15, 0.2) is 22.0 Å². The molecule has 1 N–H and O–H groups in total. The van der Waals surface area contributed by atoms with E-state index in [1.807, 2.05) is 17.5 Å². The highest BCUT2D eigenvalue weighted by Gasteiger charge is 2.41. The van der Waals surface area contributed by atoms with Gasteiger partial charge in [0.1, 0.15) is 0 Å². The number of likely N-dealkylation sites (tertiary alicyclic amines) is 1. The Labute approximate surface area is 122 Å². The second-order valence-corrected chi connectivity index (χ2v) is 6.69. The van der Waals surface area contributed by atoms with E-state index in [1.165, 1.54) is 0 Å². The molecule has 0 radical (unpaired) electrons. The molecule has 2 saturated heterocycles. The molecule has 20 heavy (non-hydrogen) atoms. The Kier molecular flexibility index (Phi) is 3.09. The predicted molar refractivity (Wildman–Crippen MR) is 77.3 cm³/mol. The van der Waals surface area contributed by atoms with Gasteiger partial charge in [-0.05, 0) is 43.3 Å². The van der Waals surface area contributed by atoms with E-state index in [2.05, 4.69) is 27.3 Å². The van der Waals surface area contributed by atoms with Gasteiger partial charge in [0.2, 0.25) is 0 Å². The lowest BCUT2D eigenvalue weighted by Gasteiger charge is -2.22. The molecule has 4 heterocycles. The molecule has 2 fully saturated rings. The van der Waals surface area contributed by atoms with Gasteiger partial charge >= 0.3 is 0 Å². The van der Waals surface area contributed by atoms with Gasteiger partial charge in [0.15, 0.2) is 5.82 Å². The molecule has 0 spiro atoms. The zero-order valence-corrected chi connectivity index (χ0v) is 12.3. The first-order valence-corrected chi connectivity index (χ1v) is 8.00. The summed E-state index contributed by atoms with van der Waals surface area (Å²) in [6.07, 6.45) is 0. The number of hydrogen-bond donors (Lipinski definition) is 1. The van der Waals surface area contributed by atoms with Crippen LogP contribution in [-0.2, 0) is 6.54 Å². The molecule has 4 rings (SSSR count). The van der Waals surface area contributed by atoms with E-state index in [1.54, 1.807) is 11.3 Å². The second-order valence-electron chi connectivity index (χ2n) is 5.75. The first-order valence-electron chi connectivity index (χ1n) is 7.12. The van der Waals surface area contributed by atoms with Gasteiger partial charge in [-0.25, -0.2) is 0 Å². The van der Waals surface area contributed by atoms with Crippen LogP contribution in [0.2, 0.25) is 0 Å². The fourth-order valence-electron chi connectivity index (χ4n) is 3.46. The highest BCUT2D eigenvalue weighted by molar-refractivity contribution is 7.13. The van der Waals surface area contributed by atoms with Gasteiger partial charge in [0.25, 0.3) is 5.89 Å². The normalized spacial score (nSPS) is 29.9. The summed E-state index contributed by atoms with van der Waals surface area (Å²) in [5.74, 6) is 3.00. The van der Waals surface area contributed by atoms with E-state index in [0.29, 0.717) is 11.9 Å². The van der Waals surface area contributed by atoms with E-state index in [9.17, 15) is 0 Å². The number of fused-ring (bicyclic) bond motifs is 1. The quantitative estimate of drug-likeness (QED) is 0.935. The van der Waals surface area contributed by atoms with Crippen LogP contribution in [0, 0.1) is 11.8 Å². The Morgan fingerprint density at radius 2 is 2.45 bits per heavy atom. The second kappa shape index (κ2) is 4.95. The summed E-state index contributed by atoms with van der Waals surface area (Å²) in [6, 6.07) is 4.61. The van der Waals surface area contributed by atoms with Crippen molar-refractivity contribution >= 4 is 11.3 Å². The lowest BCUT2D eigenvalue weighted by molar-refractivity contribution is 0.223. The molecular weight excluding hydrogens is 272 g/mol. The average Bonchev–Trinajstić information content (AvgIpc) is 3.19. The zero-order valence-electron chi connectivity index (χ0n) is 11.5. The molecule has 6 heteroatoms. The van der Waals surface area contributed by atoms with Gasteiger partial charge in [0.05, 0.1) is 11.4 Å². The Hall–Kier alpha value is -1.24. The van der Waals surface area contributed by atoms with Gasteiger partial charge in [-0.3, -0.25) is 4.90 Å². The van der Waals surface area contributed by atoms with E-state index in [0.717, 1.165) is 48.7 Å². The smallest absolute Gasteiger partial charge is 0.268 e. The van der Waals surface area contributed by atoms with Gasteiger partial charge in [-0.2, -0.15) is 4.98 Å².